The van der Waals surface area contributed by atoms with Crippen LogP contribution >= 0.6 is 22.9 Å². The van der Waals surface area contributed by atoms with Crippen LogP contribution in [0.3, 0.4) is 0 Å². The third-order valence-corrected chi connectivity index (χ3v) is 7.42. The van der Waals surface area contributed by atoms with E-state index in [9.17, 15) is 4.79 Å². The first-order valence-electron chi connectivity index (χ1n) is 12.1. The Kier molecular flexibility index (Phi) is 6.24. The number of hydrogen-bond acceptors (Lipinski definition) is 5. The van der Waals surface area contributed by atoms with Crippen LogP contribution in [0, 0.1) is 0 Å². The van der Waals surface area contributed by atoms with Gasteiger partial charge in [0.2, 0.25) is 0 Å². The monoisotopic (exact) mass is 526 g/mol. The normalized spacial score (nSPS) is 12.1. The highest BCUT2D eigenvalue weighted by atomic mass is 35.5. The molecule has 0 amide bonds. The molecule has 0 aliphatic rings. The van der Waals surface area contributed by atoms with Gasteiger partial charge in [0.1, 0.15) is 11.4 Å². The van der Waals surface area contributed by atoms with Gasteiger partial charge in [-0.3, -0.25) is 4.79 Å². The average molecular weight is 527 g/mol. The predicted molar refractivity (Wildman–Crippen MR) is 150 cm³/mol. The molecule has 0 saturated heterocycles. The van der Waals surface area contributed by atoms with Crippen molar-refractivity contribution in [2.24, 2.45) is 0 Å². The molecule has 0 fully saturated rings. The van der Waals surface area contributed by atoms with Crippen molar-refractivity contribution in [3.05, 3.63) is 104 Å². The smallest absolute Gasteiger partial charge is 0.274 e. The zero-order chi connectivity index (χ0) is 25.4. The zero-order valence-corrected chi connectivity index (χ0v) is 21.7. The van der Waals surface area contributed by atoms with Crippen molar-refractivity contribution >= 4 is 45.0 Å². The minimum atomic E-state index is -0.0928. The summed E-state index contributed by atoms with van der Waals surface area (Å²) in [6.45, 7) is 2.74. The Morgan fingerprint density at radius 2 is 1.86 bits per heavy atom. The van der Waals surface area contributed by atoms with Gasteiger partial charge in [-0.25, -0.2) is 14.1 Å². The highest BCUT2D eigenvalue weighted by molar-refractivity contribution is 7.15. The Balaban J connectivity index is 1.49. The molecular formula is C29H23ClN4O2S. The molecular weight excluding hydrogens is 504 g/mol. The SMILES string of the molecule is CCCCOc1ccc(-c2nn(-c3ccccc3)cc2C=c2sc3nc4ccccc4n3c2=O)cc1Cl. The van der Waals surface area contributed by atoms with E-state index in [4.69, 9.17) is 21.4 Å². The second-order valence-corrected chi connectivity index (χ2v) is 10.1. The van der Waals surface area contributed by atoms with Crippen LogP contribution in [-0.4, -0.2) is 25.8 Å². The Hall–Kier alpha value is -3.94. The van der Waals surface area contributed by atoms with Crippen LogP contribution in [0.5, 0.6) is 5.75 Å². The van der Waals surface area contributed by atoms with Gasteiger partial charge in [0, 0.05) is 17.3 Å². The number of rotatable bonds is 7. The Labute approximate surface area is 222 Å². The van der Waals surface area contributed by atoms with Crippen molar-refractivity contribution in [3.8, 4) is 22.7 Å². The lowest BCUT2D eigenvalue weighted by atomic mass is 10.1. The summed E-state index contributed by atoms with van der Waals surface area (Å²) >= 11 is 7.96. The number of aromatic nitrogens is 4. The summed E-state index contributed by atoms with van der Waals surface area (Å²) in [5.74, 6) is 0.653. The lowest BCUT2D eigenvalue weighted by Gasteiger charge is -2.09. The maximum Gasteiger partial charge on any atom is 0.274 e. The summed E-state index contributed by atoms with van der Waals surface area (Å²) < 4.78 is 9.91. The van der Waals surface area contributed by atoms with Crippen LogP contribution in [0.25, 0.3) is 39.0 Å². The van der Waals surface area contributed by atoms with Crippen LogP contribution in [-0.2, 0) is 0 Å². The maximum absolute atomic E-state index is 13.4. The van der Waals surface area contributed by atoms with Crippen LogP contribution in [0.1, 0.15) is 25.3 Å². The molecule has 0 atom stereocenters. The first-order chi connectivity index (χ1) is 18.1. The summed E-state index contributed by atoms with van der Waals surface area (Å²) in [6.07, 6.45) is 5.84. The molecule has 0 saturated carbocycles. The van der Waals surface area contributed by atoms with Gasteiger partial charge in [0.25, 0.3) is 5.56 Å². The molecule has 6 rings (SSSR count). The van der Waals surface area contributed by atoms with Crippen molar-refractivity contribution < 1.29 is 4.74 Å². The molecule has 37 heavy (non-hydrogen) atoms. The minimum Gasteiger partial charge on any atom is -0.492 e. The summed E-state index contributed by atoms with van der Waals surface area (Å²) in [4.78, 5) is 18.7. The van der Waals surface area contributed by atoms with E-state index in [0.717, 1.165) is 46.4 Å². The largest absolute Gasteiger partial charge is 0.492 e. The molecule has 6 nitrogen and oxygen atoms in total. The van der Waals surface area contributed by atoms with Crippen LogP contribution < -0.4 is 14.8 Å². The van der Waals surface area contributed by atoms with Gasteiger partial charge in [0.15, 0.2) is 4.96 Å². The number of halogens is 1. The minimum absolute atomic E-state index is 0.0928. The van der Waals surface area contributed by atoms with E-state index < -0.39 is 0 Å². The average Bonchev–Trinajstić information content (AvgIpc) is 3.59. The van der Waals surface area contributed by atoms with Gasteiger partial charge in [-0.05, 0) is 55.0 Å². The van der Waals surface area contributed by atoms with Gasteiger partial charge in [-0.2, -0.15) is 5.10 Å². The number of benzene rings is 3. The zero-order valence-electron chi connectivity index (χ0n) is 20.1. The van der Waals surface area contributed by atoms with Gasteiger partial charge < -0.3 is 4.74 Å². The summed E-state index contributed by atoms with van der Waals surface area (Å²) in [6, 6.07) is 23.2. The van der Waals surface area contributed by atoms with Crippen molar-refractivity contribution in [2.75, 3.05) is 6.61 Å². The number of hydrogen-bond donors (Lipinski definition) is 0. The highest BCUT2D eigenvalue weighted by Crippen LogP contribution is 2.32. The van der Waals surface area contributed by atoms with E-state index in [1.807, 2.05) is 89.8 Å². The number of imidazole rings is 1. The molecule has 3 heterocycles. The maximum atomic E-state index is 13.4. The second-order valence-electron chi connectivity index (χ2n) is 8.69. The first kappa shape index (κ1) is 23.5. The third-order valence-electron chi connectivity index (χ3n) is 6.16. The summed E-state index contributed by atoms with van der Waals surface area (Å²) in [5.41, 5.74) is 4.82. The number of para-hydroxylation sites is 3. The van der Waals surface area contributed by atoms with Crippen molar-refractivity contribution in [1.29, 1.82) is 0 Å². The van der Waals surface area contributed by atoms with Gasteiger partial charge in [0.05, 0.1) is 32.9 Å². The molecule has 3 aromatic heterocycles. The molecule has 0 aliphatic heterocycles. The van der Waals surface area contributed by atoms with E-state index in [-0.39, 0.29) is 5.56 Å². The van der Waals surface area contributed by atoms with Gasteiger partial charge >= 0.3 is 0 Å². The predicted octanol–water partition coefficient (Wildman–Crippen LogP) is 6.14. The van der Waals surface area contributed by atoms with Crippen molar-refractivity contribution in [1.82, 2.24) is 19.2 Å². The van der Waals surface area contributed by atoms with E-state index in [1.165, 1.54) is 11.3 Å². The number of thiazole rings is 1. The van der Waals surface area contributed by atoms with Gasteiger partial charge in [-0.1, -0.05) is 66.6 Å². The van der Waals surface area contributed by atoms with E-state index in [1.54, 1.807) is 4.40 Å². The highest BCUT2D eigenvalue weighted by Gasteiger charge is 2.15. The lowest BCUT2D eigenvalue weighted by Crippen LogP contribution is -2.22. The fourth-order valence-corrected chi connectivity index (χ4v) is 5.49. The lowest BCUT2D eigenvalue weighted by molar-refractivity contribution is 0.309. The molecule has 3 aromatic carbocycles. The molecule has 0 bridgehead atoms. The van der Waals surface area contributed by atoms with E-state index in [0.29, 0.717) is 26.9 Å². The summed E-state index contributed by atoms with van der Waals surface area (Å²) in [5, 5.41) is 5.41. The quantitative estimate of drug-likeness (QED) is 0.234. The molecule has 0 unspecified atom stereocenters. The fourth-order valence-electron chi connectivity index (χ4n) is 4.28. The standard InChI is InChI=1S/C29H23ClN4O2S/c1-2-3-15-36-25-14-13-19(16-22(25)30)27-20(18-33(32-27)21-9-5-4-6-10-21)17-26-28(35)34-24-12-8-7-11-23(24)31-29(34)37-26/h4-14,16-18H,2-3,15H2,1H3. The van der Waals surface area contributed by atoms with E-state index in [2.05, 4.69) is 11.9 Å². The van der Waals surface area contributed by atoms with E-state index >= 15 is 0 Å². The van der Waals surface area contributed by atoms with Crippen LogP contribution in [0.15, 0.2) is 83.8 Å². The molecule has 0 aliphatic carbocycles. The number of nitrogens with zero attached hydrogens (tertiary/aromatic N) is 4. The summed E-state index contributed by atoms with van der Waals surface area (Å²) in [7, 11) is 0. The second kappa shape index (κ2) is 9.84. The molecule has 0 spiro atoms. The molecule has 0 N–H and O–H groups in total. The number of unbranched alkanes of at least 4 members (excludes halogenated alkanes) is 1. The Bertz CT molecular complexity index is 1840. The molecule has 184 valence electrons. The molecule has 8 heteroatoms. The Morgan fingerprint density at radius 3 is 2.68 bits per heavy atom. The topological polar surface area (TPSA) is 61.4 Å². The molecule has 0 radical (unpaired) electrons. The third kappa shape index (κ3) is 4.41. The number of ether oxygens (including phenoxy) is 1. The first-order valence-corrected chi connectivity index (χ1v) is 13.3. The Morgan fingerprint density at radius 1 is 1.05 bits per heavy atom. The number of fused-ring (bicyclic) bond motifs is 3. The van der Waals surface area contributed by atoms with Crippen LogP contribution in [0.4, 0.5) is 0 Å². The van der Waals surface area contributed by atoms with Crippen molar-refractivity contribution in [3.63, 3.8) is 0 Å². The van der Waals surface area contributed by atoms with Crippen molar-refractivity contribution in [2.45, 2.75) is 19.8 Å². The fraction of sp³-hybridized carbons (Fsp3) is 0.138. The van der Waals surface area contributed by atoms with Gasteiger partial charge in [-0.15, -0.1) is 0 Å². The molecule has 6 aromatic rings. The van der Waals surface area contributed by atoms with Crippen LogP contribution in [0.2, 0.25) is 5.02 Å².